The zero-order valence-corrected chi connectivity index (χ0v) is 10.9. The van der Waals surface area contributed by atoms with E-state index in [4.69, 9.17) is 4.74 Å². The van der Waals surface area contributed by atoms with Crippen LogP contribution in [0.5, 0.6) is 0 Å². The molecule has 1 N–H and O–H groups in total. The molecule has 1 saturated heterocycles. The summed E-state index contributed by atoms with van der Waals surface area (Å²) in [5.41, 5.74) is -0.161. The van der Waals surface area contributed by atoms with E-state index in [1.54, 1.807) is 0 Å². The van der Waals surface area contributed by atoms with Crippen molar-refractivity contribution in [2.75, 3.05) is 27.2 Å². The lowest BCUT2D eigenvalue weighted by atomic mass is 10.2. The van der Waals surface area contributed by atoms with Crippen LogP contribution in [0.2, 0.25) is 0 Å². The Morgan fingerprint density at radius 1 is 1.61 bits per heavy atom. The molecule has 6 heteroatoms. The van der Waals surface area contributed by atoms with Crippen LogP contribution in [0.4, 0.5) is 4.39 Å². The van der Waals surface area contributed by atoms with Crippen LogP contribution >= 0.6 is 0 Å². The standard InChI is InChI=1S/C12H20FN3O2/c1-9(13)10(2)14-12(16(4)17)18-8-11-6-5-7-15(11)3/h11,17H,1-2,5-8H2,3-4H3/t11-/m0/s1. The third kappa shape index (κ3) is 4.12. The summed E-state index contributed by atoms with van der Waals surface area (Å²) in [4.78, 5) is 5.92. The quantitative estimate of drug-likeness (QED) is 0.361. The number of likely N-dealkylation sites (tertiary alicyclic amines) is 1. The molecule has 0 aromatic rings. The minimum Gasteiger partial charge on any atom is -0.462 e. The highest BCUT2D eigenvalue weighted by atomic mass is 19.1. The first-order chi connectivity index (χ1) is 8.41. The van der Waals surface area contributed by atoms with Crippen molar-refractivity contribution in [3.8, 4) is 0 Å². The van der Waals surface area contributed by atoms with Crippen LogP contribution in [0.15, 0.2) is 29.7 Å². The molecule has 0 aromatic carbocycles. The minimum atomic E-state index is -0.754. The lowest BCUT2D eigenvalue weighted by Gasteiger charge is -2.21. The van der Waals surface area contributed by atoms with E-state index in [-0.39, 0.29) is 17.8 Å². The van der Waals surface area contributed by atoms with Crippen LogP contribution in [0.3, 0.4) is 0 Å². The van der Waals surface area contributed by atoms with Gasteiger partial charge in [-0.05, 0) is 26.4 Å². The molecule has 0 bridgehead atoms. The Morgan fingerprint density at radius 2 is 2.28 bits per heavy atom. The van der Waals surface area contributed by atoms with Crippen LogP contribution in [0.1, 0.15) is 12.8 Å². The van der Waals surface area contributed by atoms with Gasteiger partial charge < -0.3 is 9.64 Å². The Morgan fingerprint density at radius 3 is 2.72 bits per heavy atom. The largest absolute Gasteiger partial charge is 0.462 e. The average molecular weight is 257 g/mol. The van der Waals surface area contributed by atoms with E-state index in [1.807, 2.05) is 7.05 Å². The SMILES string of the molecule is C=C(F)C(=C)N=C(OC[C@@H]1CCCN1C)N(C)O. The highest BCUT2D eigenvalue weighted by Crippen LogP contribution is 2.15. The summed E-state index contributed by atoms with van der Waals surface area (Å²) in [6, 6.07) is 0.205. The minimum absolute atomic E-state index is 0.0842. The predicted octanol–water partition coefficient (Wildman–Crippen LogP) is 1.77. The van der Waals surface area contributed by atoms with E-state index in [9.17, 15) is 9.60 Å². The maximum absolute atomic E-state index is 12.8. The maximum Gasteiger partial charge on any atom is 0.316 e. The molecule has 0 aromatic heterocycles. The van der Waals surface area contributed by atoms with Crippen molar-refractivity contribution in [3.05, 3.63) is 24.7 Å². The zero-order chi connectivity index (χ0) is 13.7. The fourth-order valence-corrected chi connectivity index (χ4v) is 1.73. The van der Waals surface area contributed by atoms with Crippen LogP contribution in [0.25, 0.3) is 0 Å². The number of hydrogen-bond acceptors (Lipinski definition) is 4. The molecule has 0 amide bonds. The van der Waals surface area contributed by atoms with Gasteiger partial charge in [0.1, 0.15) is 12.4 Å². The number of ether oxygens (including phenoxy) is 1. The monoisotopic (exact) mass is 257 g/mol. The topological polar surface area (TPSA) is 48.3 Å². The van der Waals surface area contributed by atoms with Crippen molar-refractivity contribution < 1.29 is 14.3 Å². The summed E-state index contributed by atoms with van der Waals surface area (Å²) in [6.07, 6.45) is 2.16. The number of aliphatic imine (C=N–C) groups is 1. The Hall–Kier alpha value is -1.40. The molecule has 1 rings (SSSR count). The molecule has 0 radical (unpaired) electrons. The zero-order valence-electron chi connectivity index (χ0n) is 10.9. The smallest absolute Gasteiger partial charge is 0.316 e. The second-order valence-electron chi connectivity index (χ2n) is 4.36. The molecular weight excluding hydrogens is 237 g/mol. The summed E-state index contributed by atoms with van der Waals surface area (Å²) in [6.45, 7) is 7.89. The maximum atomic E-state index is 12.8. The van der Waals surface area contributed by atoms with Crippen molar-refractivity contribution in [1.82, 2.24) is 9.96 Å². The molecule has 1 aliphatic heterocycles. The highest BCUT2D eigenvalue weighted by Gasteiger charge is 2.22. The summed E-state index contributed by atoms with van der Waals surface area (Å²) in [7, 11) is 3.37. The lowest BCUT2D eigenvalue weighted by Crippen LogP contribution is -2.34. The molecule has 102 valence electrons. The summed E-state index contributed by atoms with van der Waals surface area (Å²) in [5.74, 6) is -0.754. The molecule has 1 atom stereocenters. The van der Waals surface area contributed by atoms with Crippen LogP contribution in [-0.4, -0.2) is 54.5 Å². The van der Waals surface area contributed by atoms with Gasteiger partial charge in [-0.25, -0.2) is 9.45 Å². The van der Waals surface area contributed by atoms with Crippen molar-refractivity contribution in [1.29, 1.82) is 0 Å². The summed E-state index contributed by atoms with van der Waals surface area (Å²) < 4.78 is 18.2. The average Bonchev–Trinajstić information content (AvgIpc) is 2.69. The van der Waals surface area contributed by atoms with Gasteiger partial charge in [-0.3, -0.25) is 5.21 Å². The predicted molar refractivity (Wildman–Crippen MR) is 68.0 cm³/mol. The van der Waals surface area contributed by atoms with E-state index in [1.165, 1.54) is 7.05 Å². The van der Waals surface area contributed by atoms with Crippen molar-refractivity contribution in [2.24, 2.45) is 4.99 Å². The first kappa shape index (κ1) is 14.7. The van der Waals surface area contributed by atoms with Gasteiger partial charge in [0.15, 0.2) is 0 Å². The molecule has 1 aliphatic rings. The van der Waals surface area contributed by atoms with Gasteiger partial charge in [0.05, 0.1) is 5.70 Å². The van der Waals surface area contributed by atoms with Gasteiger partial charge in [-0.1, -0.05) is 13.2 Å². The highest BCUT2D eigenvalue weighted by molar-refractivity contribution is 5.73. The van der Waals surface area contributed by atoms with Gasteiger partial charge in [-0.15, -0.1) is 0 Å². The van der Waals surface area contributed by atoms with E-state index >= 15 is 0 Å². The third-order valence-electron chi connectivity index (χ3n) is 2.90. The molecular formula is C12H20FN3O2. The van der Waals surface area contributed by atoms with Crippen LogP contribution in [-0.2, 0) is 4.74 Å². The van der Waals surface area contributed by atoms with Crippen molar-refractivity contribution >= 4 is 6.02 Å². The number of rotatable bonds is 4. The Labute approximate surface area is 107 Å². The number of hydroxylamine groups is 2. The van der Waals surface area contributed by atoms with Gasteiger partial charge >= 0.3 is 6.02 Å². The van der Waals surface area contributed by atoms with Gasteiger partial charge in [0.2, 0.25) is 0 Å². The van der Waals surface area contributed by atoms with Crippen LogP contribution < -0.4 is 0 Å². The first-order valence-electron chi connectivity index (χ1n) is 5.80. The Balaban J connectivity index is 2.58. The second kappa shape index (κ2) is 6.51. The van der Waals surface area contributed by atoms with Gasteiger partial charge in [0, 0.05) is 13.1 Å². The van der Waals surface area contributed by atoms with Crippen LogP contribution in [0, 0.1) is 0 Å². The van der Waals surface area contributed by atoms with Gasteiger partial charge in [-0.2, -0.15) is 4.99 Å². The molecule has 5 nitrogen and oxygen atoms in total. The molecule has 0 unspecified atom stereocenters. The van der Waals surface area contributed by atoms with E-state index in [0.717, 1.165) is 19.4 Å². The number of allylic oxidation sites excluding steroid dienone is 1. The fraction of sp³-hybridized carbons (Fsp3) is 0.583. The molecule has 0 spiro atoms. The van der Waals surface area contributed by atoms with E-state index < -0.39 is 5.83 Å². The molecule has 0 aliphatic carbocycles. The van der Waals surface area contributed by atoms with E-state index in [2.05, 4.69) is 23.1 Å². The Kier molecular flexibility index (Phi) is 5.30. The number of amidine groups is 1. The number of likely N-dealkylation sites (N-methyl/N-ethyl adjacent to an activating group) is 1. The molecule has 0 saturated carbocycles. The van der Waals surface area contributed by atoms with Crippen molar-refractivity contribution in [2.45, 2.75) is 18.9 Å². The lowest BCUT2D eigenvalue weighted by molar-refractivity contribution is -0.0193. The fourth-order valence-electron chi connectivity index (χ4n) is 1.73. The number of nitrogens with zero attached hydrogens (tertiary/aromatic N) is 3. The molecule has 1 fully saturated rings. The Bertz CT molecular complexity index is 355. The summed E-state index contributed by atoms with van der Waals surface area (Å²) >= 11 is 0. The molecule has 1 heterocycles. The number of halogens is 1. The third-order valence-corrected chi connectivity index (χ3v) is 2.90. The first-order valence-corrected chi connectivity index (χ1v) is 5.80. The molecule has 18 heavy (non-hydrogen) atoms. The summed E-state index contributed by atoms with van der Waals surface area (Å²) in [5, 5.41) is 10.1. The normalized spacial score (nSPS) is 20.9. The van der Waals surface area contributed by atoms with E-state index in [0.29, 0.717) is 11.7 Å². The second-order valence-corrected chi connectivity index (χ2v) is 4.36. The van der Waals surface area contributed by atoms with Gasteiger partial charge in [0.25, 0.3) is 0 Å². The number of hydrogen-bond donors (Lipinski definition) is 1. The van der Waals surface area contributed by atoms with Crippen molar-refractivity contribution in [3.63, 3.8) is 0 Å².